The summed E-state index contributed by atoms with van der Waals surface area (Å²) in [7, 11) is 0. The molecule has 0 saturated carbocycles. The Hall–Kier alpha value is -1.32. The minimum atomic E-state index is 0.0900. The van der Waals surface area contributed by atoms with Gasteiger partial charge in [0.15, 0.2) is 5.69 Å². The van der Waals surface area contributed by atoms with Gasteiger partial charge in [-0.3, -0.25) is 9.48 Å². The van der Waals surface area contributed by atoms with Crippen molar-refractivity contribution in [1.82, 2.24) is 14.7 Å². The van der Waals surface area contributed by atoms with E-state index in [2.05, 4.69) is 18.9 Å². The van der Waals surface area contributed by atoms with E-state index in [1.54, 1.807) is 0 Å². The second-order valence-corrected chi connectivity index (χ2v) is 5.06. The minimum Gasteiger partial charge on any atom is -0.337 e. The van der Waals surface area contributed by atoms with Gasteiger partial charge in [-0.2, -0.15) is 5.10 Å². The molecule has 17 heavy (non-hydrogen) atoms. The lowest BCUT2D eigenvalue weighted by atomic mass is 10.1. The van der Waals surface area contributed by atoms with Crippen LogP contribution in [-0.4, -0.2) is 33.7 Å². The van der Waals surface area contributed by atoms with Gasteiger partial charge in [-0.15, -0.1) is 0 Å². The average molecular weight is 235 g/mol. The molecule has 4 heteroatoms. The van der Waals surface area contributed by atoms with E-state index in [1.807, 2.05) is 22.6 Å². The third-order valence-corrected chi connectivity index (χ3v) is 3.27. The maximum absolute atomic E-state index is 12.2. The number of carbonyl (C=O) groups is 1. The van der Waals surface area contributed by atoms with Crippen molar-refractivity contribution >= 4 is 5.91 Å². The van der Waals surface area contributed by atoms with Crippen LogP contribution < -0.4 is 0 Å². The molecule has 94 valence electrons. The number of likely N-dealkylation sites (tertiary alicyclic amines) is 1. The van der Waals surface area contributed by atoms with E-state index in [4.69, 9.17) is 0 Å². The van der Waals surface area contributed by atoms with E-state index < -0.39 is 0 Å². The van der Waals surface area contributed by atoms with Gasteiger partial charge >= 0.3 is 0 Å². The molecule has 2 heterocycles. The largest absolute Gasteiger partial charge is 0.337 e. The molecule has 0 radical (unpaired) electrons. The smallest absolute Gasteiger partial charge is 0.274 e. The van der Waals surface area contributed by atoms with Crippen molar-refractivity contribution in [3.8, 4) is 0 Å². The van der Waals surface area contributed by atoms with Crippen molar-refractivity contribution in [1.29, 1.82) is 0 Å². The van der Waals surface area contributed by atoms with Crippen LogP contribution in [0, 0.1) is 6.92 Å². The van der Waals surface area contributed by atoms with Crippen LogP contribution >= 0.6 is 0 Å². The molecular formula is C13H21N3O. The fourth-order valence-electron chi connectivity index (χ4n) is 2.37. The van der Waals surface area contributed by atoms with Gasteiger partial charge in [0.25, 0.3) is 5.91 Å². The molecule has 1 aromatic heterocycles. The summed E-state index contributed by atoms with van der Waals surface area (Å²) in [4.78, 5) is 14.2. The standard InChI is InChI=1S/C13H21N3O/c1-10(2)16-11(3)9-12(14-16)13(17)15-7-5-4-6-8-15/h9-10H,4-8H2,1-3H3. The number of aromatic nitrogens is 2. The van der Waals surface area contributed by atoms with E-state index >= 15 is 0 Å². The van der Waals surface area contributed by atoms with E-state index in [-0.39, 0.29) is 5.91 Å². The summed E-state index contributed by atoms with van der Waals surface area (Å²) >= 11 is 0. The Morgan fingerprint density at radius 3 is 2.47 bits per heavy atom. The van der Waals surface area contributed by atoms with Crippen LogP contribution in [0.15, 0.2) is 6.07 Å². The summed E-state index contributed by atoms with van der Waals surface area (Å²) in [5, 5.41) is 4.41. The van der Waals surface area contributed by atoms with Crippen LogP contribution in [0.1, 0.15) is 55.3 Å². The summed E-state index contributed by atoms with van der Waals surface area (Å²) in [6.45, 7) is 7.92. The summed E-state index contributed by atoms with van der Waals surface area (Å²) in [6.07, 6.45) is 3.48. The van der Waals surface area contributed by atoms with Gasteiger partial charge in [0, 0.05) is 24.8 Å². The first kappa shape index (κ1) is 12.1. The first-order chi connectivity index (χ1) is 8.09. The predicted octanol–water partition coefficient (Wildman–Crippen LogP) is 2.40. The van der Waals surface area contributed by atoms with Gasteiger partial charge in [0.1, 0.15) is 0 Å². The van der Waals surface area contributed by atoms with Gasteiger partial charge in [-0.05, 0) is 46.1 Å². The summed E-state index contributed by atoms with van der Waals surface area (Å²) < 4.78 is 1.91. The quantitative estimate of drug-likeness (QED) is 0.789. The lowest BCUT2D eigenvalue weighted by Crippen LogP contribution is -2.35. The zero-order valence-corrected chi connectivity index (χ0v) is 10.9. The van der Waals surface area contributed by atoms with Crippen LogP contribution in [0.2, 0.25) is 0 Å². The second kappa shape index (κ2) is 4.90. The molecule has 2 rings (SSSR count). The highest BCUT2D eigenvalue weighted by Gasteiger charge is 2.21. The molecule has 0 spiro atoms. The van der Waals surface area contributed by atoms with Gasteiger partial charge in [0.2, 0.25) is 0 Å². The second-order valence-electron chi connectivity index (χ2n) is 5.06. The predicted molar refractivity (Wildman–Crippen MR) is 67.1 cm³/mol. The van der Waals surface area contributed by atoms with Crippen molar-refractivity contribution in [2.75, 3.05) is 13.1 Å². The molecule has 0 aromatic carbocycles. The molecule has 1 saturated heterocycles. The lowest BCUT2D eigenvalue weighted by molar-refractivity contribution is 0.0717. The van der Waals surface area contributed by atoms with Crippen LogP contribution in [0.5, 0.6) is 0 Å². The maximum Gasteiger partial charge on any atom is 0.274 e. The van der Waals surface area contributed by atoms with E-state index in [1.165, 1.54) is 6.42 Å². The van der Waals surface area contributed by atoms with E-state index in [9.17, 15) is 4.79 Å². The molecule has 4 nitrogen and oxygen atoms in total. The first-order valence-electron chi connectivity index (χ1n) is 6.45. The van der Waals surface area contributed by atoms with Crippen molar-refractivity contribution in [3.05, 3.63) is 17.5 Å². The summed E-state index contributed by atoms with van der Waals surface area (Å²) in [5.41, 5.74) is 1.65. The van der Waals surface area contributed by atoms with Crippen molar-refractivity contribution in [2.45, 2.75) is 46.1 Å². The Bertz CT molecular complexity index is 403. The molecular weight excluding hydrogens is 214 g/mol. The topological polar surface area (TPSA) is 38.1 Å². The highest BCUT2D eigenvalue weighted by Crippen LogP contribution is 2.15. The van der Waals surface area contributed by atoms with Crippen LogP contribution in [-0.2, 0) is 0 Å². The van der Waals surface area contributed by atoms with E-state index in [0.717, 1.165) is 31.6 Å². The molecule has 0 bridgehead atoms. The highest BCUT2D eigenvalue weighted by atomic mass is 16.2. The Morgan fingerprint density at radius 2 is 1.94 bits per heavy atom. The number of hydrogen-bond acceptors (Lipinski definition) is 2. The monoisotopic (exact) mass is 235 g/mol. The van der Waals surface area contributed by atoms with Crippen molar-refractivity contribution in [2.24, 2.45) is 0 Å². The molecule has 1 aliphatic heterocycles. The number of rotatable bonds is 2. The first-order valence-corrected chi connectivity index (χ1v) is 6.45. The SMILES string of the molecule is Cc1cc(C(=O)N2CCCCC2)nn1C(C)C. The molecule has 1 amide bonds. The summed E-state index contributed by atoms with van der Waals surface area (Å²) in [6, 6.07) is 2.20. The van der Waals surface area contributed by atoms with Gasteiger partial charge in [-0.25, -0.2) is 0 Å². The van der Waals surface area contributed by atoms with Gasteiger partial charge < -0.3 is 4.90 Å². The molecule has 0 atom stereocenters. The average Bonchev–Trinajstić information content (AvgIpc) is 2.71. The van der Waals surface area contributed by atoms with Crippen LogP contribution in [0.25, 0.3) is 0 Å². The molecule has 0 N–H and O–H groups in total. The minimum absolute atomic E-state index is 0.0900. The number of carbonyl (C=O) groups excluding carboxylic acids is 1. The highest BCUT2D eigenvalue weighted by molar-refractivity contribution is 5.92. The Kier molecular flexibility index (Phi) is 3.50. The molecule has 0 aliphatic carbocycles. The zero-order valence-electron chi connectivity index (χ0n) is 10.9. The molecule has 1 fully saturated rings. The molecule has 1 aromatic rings. The fourth-order valence-corrected chi connectivity index (χ4v) is 2.37. The number of nitrogens with zero attached hydrogens (tertiary/aromatic N) is 3. The number of aryl methyl sites for hydroxylation is 1. The van der Waals surface area contributed by atoms with Crippen LogP contribution in [0.3, 0.4) is 0 Å². The van der Waals surface area contributed by atoms with Crippen molar-refractivity contribution < 1.29 is 4.79 Å². The Morgan fingerprint density at radius 1 is 1.29 bits per heavy atom. The Labute approximate surface area is 103 Å². The Balaban J connectivity index is 2.16. The van der Waals surface area contributed by atoms with Gasteiger partial charge in [-0.1, -0.05) is 0 Å². The lowest BCUT2D eigenvalue weighted by Gasteiger charge is -2.25. The van der Waals surface area contributed by atoms with Crippen LogP contribution in [0.4, 0.5) is 0 Å². The normalized spacial score (nSPS) is 16.6. The van der Waals surface area contributed by atoms with Crippen molar-refractivity contribution in [3.63, 3.8) is 0 Å². The number of amides is 1. The third kappa shape index (κ3) is 2.51. The third-order valence-electron chi connectivity index (χ3n) is 3.27. The number of hydrogen-bond donors (Lipinski definition) is 0. The zero-order chi connectivity index (χ0) is 12.4. The fraction of sp³-hybridized carbons (Fsp3) is 0.692. The molecule has 0 unspecified atom stereocenters. The molecule has 1 aliphatic rings. The number of piperidine rings is 1. The maximum atomic E-state index is 12.2. The van der Waals surface area contributed by atoms with Gasteiger partial charge in [0.05, 0.1) is 0 Å². The van der Waals surface area contributed by atoms with E-state index in [0.29, 0.717) is 11.7 Å². The summed E-state index contributed by atoms with van der Waals surface area (Å²) in [5.74, 6) is 0.0900.